The zero-order valence-corrected chi connectivity index (χ0v) is 8.07. The number of hydrogen-bond donors (Lipinski definition) is 2. The number of nitrogens with zero attached hydrogens (tertiary/aromatic N) is 1. The Morgan fingerprint density at radius 3 is 2.27 bits per heavy atom. The van der Waals surface area contributed by atoms with Gasteiger partial charge in [-0.1, -0.05) is 0 Å². The van der Waals surface area contributed by atoms with Crippen LogP contribution in [0.3, 0.4) is 0 Å². The molecule has 0 saturated carbocycles. The molecule has 0 aliphatic carbocycles. The van der Waals surface area contributed by atoms with Gasteiger partial charge in [-0.05, 0) is 35.4 Å². The van der Waals surface area contributed by atoms with Gasteiger partial charge in [0, 0.05) is 12.4 Å². The minimum absolute atomic E-state index is 0.246. The molecule has 0 spiro atoms. The average molecular weight is 216 g/mol. The second kappa shape index (κ2) is 4.96. The van der Waals surface area contributed by atoms with E-state index in [1.54, 1.807) is 0 Å². The first-order chi connectivity index (χ1) is 5.09. The van der Waals surface area contributed by atoms with Gasteiger partial charge in [-0.3, -0.25) is 10.4 Å². The quantitative estimate of drug-likeness (QED) is 0.680. The Kier molecular flexibility index (Phi) is 4.61. The number of aliphatic imine (C=N–C) groups is 1. The lowest BCUT2D eigenvalue weighted by molar-refractivity contribution is 1.28. The van der Waals surface area contributed by atoms with Gasteiger partial charge in [-0.2, -0.15) is 0 Å². The van der Waals surface area contributed by atoms with Crippen LogP contribution in [0.4, 0.5) is 0 Å². The van der Waals surface area contributed by atoms with E-state index in [0.29, 0.717) is 5.70 Å². The predicted octanol–water partition coefficient (Wildman–Crippen LogP) is 2.37. The number of rotatable bonds is 3. The molecule has 0 rings (SSSR count). The van der Waals surface area contributed by atoms with E-state index in [0.717, 1.165) is 11.8 Å². The molecule has 0 radical (unpaired) electrons. The second-order valence-corrected chi connectivity index (χ2v) is 2.90. The largest absolute Gasteiger partial charge is 0.307 e. The van der Waals surface area contributed by atoms with Crippen molar-refractivity contribution < 1.29 is 0 Å². The molecule has 60 valence electrons. The molecular weight excluding hydrogens is 206 g/mol. The third-order valence-corrected chi connectivity index (χ3v) is 1.34. The number of hydrogen-bond acceptors (Lipinski definition) is 3. The van der Waals surface area contributed by atoms with Crippen LogP contribution in [0.2, 0.25) is 0 Å². The van der Waals surface area contributed by atoms with Crippen LogP contribution in [-0.4, -0.2) is 17.1 Å². The molecule has 0 amide bonds. The van der Waals surface area contributed by atoms with Crippen molar-refractivity contribution in [3.63, 3.8) is 0 Å². The summed E-state index contributed by atoms with van der Waals surface area (Å²) in [5.41, 5.74) is 1.53. The lowest BCUT2D eigenvalue weighted by atomic mass is 10.3. The summed E-state index contributed by atoms with van der Waals surface area (Å²) in [6, 6.07) is 0. The summed E-state index contributed by atoms with van der Waals surface area (Å²) in [6.07, 6.45) is 2.43. The van der Waals surface area contributed by atoms with Crippen molar-refractivity contribution >= 4 is 33.0 Å². The Labute approximate surface area is 74.4 Å². The molecule has 2 N–H and O–H groups in total. The molecular formula is C7H10BrN3. The molecule has 3 nitrogen and oxygen atoms in total. The fourth-order valence-corrected chi connectivity index (χ4v) is 1.02. The Morgan fingerprint density at radius 1 is 1.45 bits per heavy atom. The minimum atomic E-state index is 0.246. The second-order valence-electron chi connectivity index (χ2n) is 2.11. The van der Waals surface area contributed by atoms with Gasteiger partial charge in [0.25, 0.3) is 0 Å². The van der Waals surface area contributed by atoms with E-state index in [1.165, 1.54) is 6.21 Å². The smallest absolute Gasteiger partial charge is 0.123 e. The maximum absolute atomic E-state index is 7.23. The first-order valence-electron chi connectivity index (χ1n) is 3.04. The summed E-state index contributed by atoms with van der Waals surface area (Å²) in [5.74, 6) is 0. The van der Waals surface area contributed by atoms with Gasteiger partial charge in [0.15, 0.2) is 0 Å². The van der Waals surface area contributed by atoms with Gasteiger partial charge in [-0.15, -0.1) is 0 Å². The normalized spacial score (nSPS) is 9.73. The summed E-state index contributed by atoms with van der Waals surface area (Å²) >= 11 is 3.01. The average Bonchev–Trinajstić information content (AvgIpc) is 1.87. The fourth-order valence-electron chi connectivity index (χ4n) is 0.517. The summed E-state index contributed by atoms with van der Waals surface area (Å²) in [5, 5.41) is 13.9. The molecule has 0 unspecified atom stereocenters. The Bertz CT molecular complexity index is 224. The van der Waals surface area contributed by atoms with Crippen molar-refractivity contribution in [3.8, 4) is 0 Å². The van der Waals surface area contributed by atoms with Crippen molar-refractivity contribution in [2.24, 2.45) is 4.99 Å². The molecule has 0 atom stereocenters. The Morgan fingerprint density at radius 2 is 2.00 bits per heavy atom. The number of halogens is 1. The van der Waals surface area contributed by atoms with Crippen LogP contribution in [0, 0.1) is 10.8 Å². The highest BCUT2D eigenvalue weighted by molar-refractivity contribution is 9.18. The van der Waals surface area contributed by atoms with Crippen LogP contribution in [0.1, 0.15) is 13.8 Å². The van der Waals surface area contributed by atoms with Gasteiger partial charge in [0.2, 0.25) is 0 Å². The highest BCUT2D eigenvalue weighted by atomic mass is 79.9. The third kappa shape index (κ3) is 3.83. The molecule has 0 aromatic rings. The summed E-state index contributed by atoms with van der Waals surface area (Å²) in [7, 11) is 0. The van der Waals surface area contributed by atoms with Crippen LogP contribution in [0.25, 0.3) is 0 Å². The summed E-state index contributed by atoms with van der Waals surface area (Å²) in [4.78, 5) is 3.88. The standard InChI is InChI=1S/C7H10BrN3/c1-5(2)6(7(8)10)11-4-3-9/h3-4,9-10H,1-2H3. The number of nitrogens with one attached hydrogen (secondary N) is 2. The van der Waals surface area contributed by atoms with E-state index in [4.69, 9.17) is 10.8 Å². The first kappa shape index (κ1) is 10.2. The van der Waals surface area contributed by atoms with E-state index >= 15 is 0 Å². The van der Waals surface area contributed by atoms with Crippen molar-refractivity contribution in [2.75, 3.05) is 0 Å². The maximum atomic E-state index is 7.23. The molecule has 4 heteroatoms. The third-order valence-electron chi connectivity index (χ3n) is 0.960. The molecule has 0 heterocycles. The molecule has 0 aromatic heterocycles. The van der Waals surface area contributed by atoms with Crippen LogP contribution in [0.15, 0.2) is 16.3 Å². The summed E-state index contributed by atoms with van der Waals surface area (Å²) in [6.45, 7) is 3.73. The van der Waals surface area contributed by atoms with Crippen molar-refractivity contribution in [1.29, 1.82) is 10.8 Å². The predicted molar refractivity (Wildman–Crippen MR) is 52.3 cm³/mol. The SMILES string of the molecule is CC(C)=C(N=CC=N)C(=N)Br. The topological polar surface area (TPSA) is 60.1 Å². The van der Waals surface area contributed by atoms with Gasteiger partial charge in [0.1, 0.15) is 4.62 Å². The van der Waals surface area contributed by atoms with Crippen LogP contribution in [0.5, 0.6) is 0 Å². The van der Waals surface area contributed by atoms with Crippen molar-refractivity contribution in [1.82, 2.24) is 0 Å². The van der Waals surface area contributed by atoms with E-state index in [1.807, 2.05) is 13.8 Å². The molecule has 0 fully saturated rings. The van der Waals surface area contributed by atoms with E-state index in [2.05, 4.69) is 20.9 Å². The van der Waals surface area contributed by atoms with Gasteiger partial charge in [-0.25, -0.2) is 0 Å². The Balaban J connectivity index is 4.64. The highest BCUT2D eigenvalue weighted by Gasteiger charge is 1.99. The molecule has 0 bridgehead atoms. The van der Waals surface area contributed by atoms with Crippen LogP contribution >= 0.6 is 15.9 Å². The molecule has 11 heavy (non-hydrogen) atoms. The molecule has 0 aliphatic rings. The maximum Gasteiger partial charge on any atom is 0.123 e. The lowest BCUT2D eigenvalue weighted by Gasteiger charge is -1.97. The van der Waals surface area contributed by atoms with Gasteiger partial charge < -0.3 is 5.41 Å². The fraction of sp³-hybridized carbons (Fsp3) is 0.286. The van der Waals surface area contributed by atoms with Crippen molar-refractivity contribution in [3.05, 3.63) is 11.3 Å². The van der Waals surface area contributed by atoms with Crippen molar-refractivity contribution in [2.45, 2.75) is 13.8 Å². The van der Waals surface area contributed by atoms with Crippen LogP contribution in [-0.2, 0) is 0 Å². The van der Waals surface area contributed by atoms with E-state index < -0.39 is 0 Å². The van der Waals surface area contributed by atoms with Crippen LogP contribution < -0.4 is 0 Å². The molecule has 0 saturated heterocycles. The summed E-state index contributed by atoms with van der Waals surface area (Å²) < 4.78 is 0.246. The van der Waals surface area contributed by atoms with Gasteiger partial charge >= 0.3 is 0 Å². The highest BCUT2D eigenvalue weighted by Crippen LogP contribution is 2.09. The minimum Gasteiger partial charge on any atom is -0.307 e. The zero-order valence-electron chi connectivity index (χ0n) is 6.48. The zero-order chi connectivity index (χ0) is 8.85. The van der Waals surface area contributed by atoms with E-state index in [-0.39, 0.29) is 4.62 Å². The Hall–Kier alpha value is -0.770. The number of allylic oxidation sites excluding steroid dienone is 2. The van der Waals surface area contributed by atoms with E-state index in [9.17, 15) is 0 Å². The monoisotopic (exact) mass is 215 g/mol. The van der Waals surface area contributed by atoms with Gasteiger partial charge in [0.05, 0.1) is 5.70 Å². The molecule has 0 aliphatic heterocycles. The molecule has 0 aromatic carbocycles. The lowest BCUT2D eigenvalue weighted by Crippen LogP contribution is -1.92. The first-order valence-corrected chi connectivity index (χ1v) is 3.84.